The molecule has 0 aliphatic heterocycles. The van der Waals surface area contributed by atoms with E-state index in [1.165, 1.54) is 39.2 Å². The Morgan fingerprint density at radius 1 is 1.00 bits per heavy atom. The fraction of sp³-hybridized carbons (Fsp3) is 0.964. The third kappa shape index (κ3) is 4.41. The molecule has 6 heteroatoms. The van der Waals surface area contributed by atoms with Gasteiger partial charge in [-0.05, 0) is 111 Å². The average molecular weight is 480 g/mol. The van der Waals surface area contributed by atoms with Gasteiger partial charge in [0.15, 0.2) is 0 Å². The van der Waals surface area contributed by atoms with E-state index in [-0.39, 0.29) is 17.6 Å². The molecule has 0 aromatic heterocycles. The van der Waals surface area contributed by atoms with Crippen molar-refractivity contribution in [1.82, 2.24) is 5.06 Å². The van der Waals surface area contributed by atoms with Crippen molar-refractivity contribution in [3.63, 3.8) is 0 Å². The maximum absolute atomic E-state index is 11.8. The fourth-order valence-corrected chi connectivity index (χ4v) is 9.36. The Labute approximate surface area is 206 Å². The summed E-state index contributed by atoms with van der Waals surface area (Å²) in [7, 11) is 3.01. The van der Waals surface area contributed by atoms with Gasteiger partial charge in [0.2, 0.25) is 0 Å². The number of aliphatic hydroxyl groups excluding tert-OH is 2. The third-order valence-corrected chi connectivity index (χ3v) is 11.3. The zero-order chi connectivity index (χ0) is 24.7. The molecule has 0 bridgehead atoms. The highest BCUT2D eigenvalue weighted by atomic mass is 16.7. The molecule has 4 fully saturated rings. The lowest BCUT2D eigenvalue weighted by Gasteiger charge is -2.64. The molecule has 2 N–H and O–H groups in total. The van der Waals surface area contributed by atoms with Gasteiger partial charge in [0.1, 0.15) is 0 Å². The van der Waals surface area contributed by atoms with Crippen LogP contribution in [0.2, 0.25) is 0 Å². The molecule has 10 atom stereocenters. The molecule has 0 unspecified atom stereocenters. The van der Waals surface area contributed by atoms with Gasteiger partial charge in [-0.15, -0.1) is 0 Å². The van der Waals surface area contributed by atoms with Gasteiger partial charge in [-0.25, -0.2) is 4.79 Å². The summed E-state index contributed by atoms with van der Waals surface area (Å²) in [6, 6.07) is 0. The zero-order valence-electron chi connectivity index (χ0n) is 22.2. The summed E-state index contributed by atoms with van der Waals surface area (Å²) in [4.78, 5) is 16.6. The summed E-state index contributed by atoms with van der Waals surface area (Å²) in [6.45, 7) is 7.71. The highest BCUT2D eigenvalue weighted by molar-refractivity contribution is 5.65. The Morgan fingerprint density at radius 2 is 1.71 bits per heavy atom. The molecule has 4 aliphatic carbocycles. The smallest absolute Gasteiger partial charge is 0.433 e. The van der Waals surface area contributed by atoms with E-state index in [1.807, 2.05) is 0 Å². The first-order valence-corrected chi connectivity index (χ1v) is 14.0. The maximum atomic E-state index is 11.8. The van der Waals surface area contributed by atoms with Crippen LogP contribution in [0.3, 0.4) is 0 Å². The molecular formula is C28H49NO5. The minimum atomic E-state index is -0.437. The number of amides is 1. The Bertz CT molecular complexity index is 717. The van der Waals surface area contributed by atoms with Crippen molar-refractivity contribution in [3.8, 4) is 0 Å². The minimum Gasteiger partial charge on any atom is -0.448 e. The predicted molar refractivity (Wildman–Crippen MR) is 132 cm³/mol. The first-order valence-electron chi connectivity index (χ1n) is 14.0. The van der Waals surface area contributed by atoms with Gasteiger partial charge in [0.05, 0.1) is 25.9 Å². The molecule has 0 saturated heterocycles. The largest absolute Gasteiger partial charge is 0.448 e. The highest BCUT2D eigenvalue weighted by Gasteiger charge is 2.64. The van der Waals surface area contributed by atoms with E-state index >= 15 is 0 Å². The van der Waals surface area contributed by atoms with E-state index in [2.05, 4.69) is 20.8 Å². The van der Waals surface area contributed by atoms with Crippen molar-refractivity contribution in [1.29, 1.82) is 0 Å². The predicted octanol–water partition coefficient (Wildman–Crippen LogP) is 5.41. The van der Waals surface area contributed by atoms with Crippen LogP contribution in [0, 0.1) is 46.3 Å². The number of nitrogens with zero attached hydrogens (tertiary/aromatic N) is 1. The molecule has 0 aromatic rings. The van der Waals surface area contributed by atoms with E-state index in [1.54, 1.807) is 7.05 Å². The summed E-state index contributed by atoms with van der Waals surface area (Å²) in [5.41, 5.74) is 0.577. The monoisotopic (exact) mass is 479 g/mol. The second-order valence-corrected chi connectivity index (χ2v) is 12.5. The third-order valence-electron chi connectivity index (χ3n) is 11.3. The summed E-state index contributed by atoms with van der Waals surface area (Å²) in [5.74, 6) is 3.09. The minimum absolute atomic E-state index is 0.185. The van der Waals surface area contributed by atoms with Gasteiger partial charge in [-0.1, -0.05) is 27.2 Å². The average Bonchev–Trinajstić information content (AvgIpc) is 3.15. The van der Waals surface area contributed by atoms with Crippen molar-refractivity contribution in [2.24, 2.45) is 46.3 Å². The molecule has 4 aliphatic rings. The molecule has 196 valence electrons. The first-order chi connectivity index (χ1) is 16.2. The standard InChI is InChI=1S/C28H49NO5/c1-6-20-23-17-19(30)12-14-28(23,3)22-13-15-27(2)18(10-11-21(27)24(22)25(20)31)9-7-8-16-34-26(32)29(4)33-5/h18-25,30-31H,6-17H2,1-5H3/t18-,19+,20+,21-,22-,23-,24-,25+,27+,28+/m0/s1. The quantitative estimate of drug-likeness (QED) is 0.377. The molecule has 4 saturated carbocycles. The van der Waals surface area contributed by atoms with Crippen LogP contribution in [0.5, 0.6) is 0 Å². The fourth-order valence-electron chi connectivity index (χ4n) is 9.36. The number of ether oxygens (including phenoxy) is 1. The summed E-state index contributed by atoms with van der Waals surface area (Å²) >= 11 is 0. The highest BCUT2D eigenvalue weighted by Crippen LogP contribution is 2.69. The van der Waals surface area contributed by atoms with Crippen LogP contribution < -0.4 is 0 Å². The van der Waals surface area contributed by atoms with E-state index in [4.69, 9.17) is 9.57 Å². The van der Waals surface area contributed by atoms with Crippen molar-refractivity contribution in [2.75, 3.05) is 20.8 Å². The molecule has 0 aromatic carbocycles. The molecule has 34 heavy (non-hydrogen) atoms. The summed E-state index contributed by atoms with van der Waals surface area (Å²) in [5, 5.41) is 23.3. The molecule has 1 amide bonds. The van der Waals surface area contributed by atoms with Crippen molar-refractivity contribution in [2.45, 2.75) is 104 Å². The van der Waals surface area contributed by atoms with Gasteiger partial charge >= 0.3 is 6.09 Å². The molecule has 0 spiro atoms. The van der Waals surface area contributed by atoms with Gasteiger partial charge in [-0.2, -0.15) is 5.06 Å². The molecule has 4 rings (SSSR count). The summed E-state index contributed by atoms with van der Waals surface area (Å²) < 4.78 is 5.28. The molecule has 0 heterocycles. The second-order valence-electron chi connectivity index (χ2n) is 12.5. The Morgan fingerprint density at radius 3 is 2.41 bits per heavy atom. The number of aliphatic hydroxyl groups is 2. The van der Waals surface area contributed by atoms with Crippen LogP contribution in [0.4, 0.5) is 4.79 Å². The van der Waals surface area contributed by atoms with E-state index in [9.17, 15) is 15.0 Å². The Balaban J connectivity index is 1.40. The number of hydrogen-bond donors (Lipinski definition) is 2. The van der Waals surface area contributed by atoms with Crippen LogP contribution in [-0.2, 0) is 9.57 Å². The van der Waals surface area contributed by atoms with Crippen molar-refractivity contribution >= 4 is 6.09 Å². The number of carbonyl (C=O) groups is 1. The first kappa shape index (κ1) is 26.2. The van der Waals surface area contributed by atoms with Gasteiger partial charge in [-0.3, -0.25) is 4.84 Å². The van der Waals surface area contributed by atoms with Crippen LogP contribution >= 0.6 is 0 Å². The van der Waals surface area contributed by atoms with Gasteiger partial charge in [0.25, 0.3) is 0 Å². The lowest BCUT2D eigenvalue weighted by atomic mass is 9.41. The van der Waals surface area contributed by atoms with E-state index in [0.29, 0.717) is 47.5 Å². The number of unbranched alkanes of at least 4 members (excludes halogenated alkanes) is 1. The van der Waals surface area contributed by atoms with Crippen molar-refractivity contribution in [3.05, 3.63) is 0 Å². The number of rotatable bonds is 7. The maximum Gasteiger partial charge on any atom is 0.433 e. The Hall–Kier alpha value is -0.850. The van der Waals surface area contributed by atoms with Crippen LogP contribution in [-0.4, -0.2) is 54.3 Å². The molecular weight excluding hydrogens is 430 g/mol. The topological polar surface area (TPSA) is 79.2 Å². The van der Waals surface area contributed by atoms with Crippen LogP contribution in [0.25, 0.3) is 0 Å². The van der Waals surface area contributed by atoms with Crippen LogP contribution in [0.1, 0.15) is 91.4 Å². The lowest BCUT2D eigenvalue weighted by molar-refractivity contribution is -0.202. The SMILES string of the molecule is CC[C@H]1[C@@H](O)[C@@H]2[C@H](CC[C@]3(C)[C@@H](CCCCOC(=O)N(C)OC)CC[C@@H]23)[C@@]2(C)CC[C@@H](O)C[C@@H]12. The van der Waals surface area contributed by atoms with E-state index in [0.717, 1.165) is 43.6 Å². The normalized spacial score (nSPS) is 45.7. The van der Waals surface area contributed by atoms with Gasteiger partial charge < -0.3 is 14.9 Å². The number of fused-ring (bicyclic) bond motifs is 5. The summed E-state index contributed by atoms with van der Waals surface area (Å²) in [6.07, 6.45) is 11.2. The lowest BCUT2D eigenvalue weighted by Crippen LogP contribution is -2.62. The number of carbonyl (C=O) groups excluding carboxylic acids is 1. The van der Waals surface area contributed by atoms with Gasteiger partial charge in [0, 0.05) is 7.05 Å². The van der Waals surface area contributed by atoms with E-state index < -0.39 is 6.09 Å². The number of hydroxylamine groups is 2. The Kier molecular flexibility index (Phi) is 7.91. The van der Waals surface area contributed by atoms with Crippen molar-refractivity contribution < 1.29 is 24.6 Å². The van der Waals surface area contributed by atoms with Crippen LogP contribution in [0.15, 0.2) is 0 Å². The zero-order valence-corrected chi connectivity index (χ0v) is 22.2. The molecule has 6 nitrogen and oxygen atoms in total. The number of hydrogen-bond acceptors (Lipinski definition) is 5. The second kappa shape index (κ2) is 10.3. The molecule has 0 radical (unpaired) electrons.